The van der Waals surface area contributed by atoms with E-state index < -0.39 is 0 Å². The third-order valence-electron chi connectivity index (χ3n) is 3.79. The molecule has 0 aliphatic rings. The Morgan fingerprint density at radius 2 is 1.82 bits per heavy atom. The van der Waals surface area contributed by atoms with Gasteiger partial charge in [0.05, 0.1) is 12.6 Å². The van der Waals surface area contributed by atoms with Crippen LogP contribution in [0.3, 0.4) is 0 Å². The fourth-order valence-electron chi connectivity index (χ4n) is 2.25. The molecule has 1 amide bonds. The third-order valence-corrected chi connectivity index (χ3v) is 3.79. The van der Waals surface area contributed by atoms with Crippen LogP contribution in [0.2, 0.25) is 0 Å². The number of hydrogen-bond donors (Lipinski definition) is 2. The van der Waals surface area contributed by atoms with E-state index in [1.54, 1.807) is 12.1 Å². The van der Waals surface area contributed by atoms with E-state index in [2.05, 4.69) is 10.6 Å². The summed E-state index contributed by atoms with van der Waals surface area (Å²) in [5.41, 5.74) is 4.16. The first-order valence-electron chi connectivity index (χ1n) is 7.32. The number of halogens is 1. The number of anilines is 1. The molecular formula is C18H21FN2O. The molecule has 0 radical (unpaired) electrons. The highest BCUT2D eigenvalue weighted by Crippen LogP contribution is 2.17. The normalized spacial score (nSPS) is 11.8. The Hall–Kier alpha value is -2.36. The van der Waals surface area contributed by atoms with Gasteiger partial charge in [-0.25, -0.2) is 4.39 Å². The van der Waals surface area contributed by atoms with Gasteiger partial charge >= 0.3 is 0 Å². The highest BCUT2D eigenvalue weighted by molar-refractivity contribution is 5.81. The monoisotopic (exact) mass is 300 g/mol. The smallest absolute Gasteiger partial charge is 0.239 e. The number of rotatable bonds is 5. The van der Waals surface area contributed by atoms with E-state index in [1.165, 1.54) is 17.7 Å². The maximum atomic E-state index is 12.9. The van der Waals surface area contributed by atoms with Crippen molar-refractivity contribution in [3.8, 4) is 0 Å². The fraction of sp³-hybridized carbons (Fsp3) is 0.278. The Balaban J connectivity index is 1.90. The van der Waals surface area contributed by atoms with Gasteiger partial charge in [0, 0.05) is 5.69 Å². The van der Waals surface area contributed by atoms with Crippen molar-refractivity contribution in [2.24, 2.45) is 0 Å². The van der Waals surface area contributed by atoms with E-state index in [0.717, 1.165) is 16.8 Å². The summed E-state index contributed by atoms with van der Waals surface area (Å²) >= 11 is 0. The van der Waals surface area contributed by atoms with Crippen LogP contribution in [0.4, 0.5) is 10.1 Å². The number of nitrogens with one attached hydrogen (secondary N) is 2. The van der Waals surface area contributed by atoms with Crippen LogP contribution in [0.15, 0.2) is 42.5 Å². The van der Waals surface area contributed by atoms with Crippen LogP contribution in [0.1, 0.15) is 29.7 Å². The average molecular weight is 300 g/mol. The zero-order chi connectivity index (χ0) is 16.1. The van der Waals surface area contributed by atoms with Gasteiger partial charge in [0.2, 0.25) is 5.91 Å². The van der Waals surface area contributed by atoms with Crippen LogP contribution in [0.25, 0.3) is 0 Å². The predicted octanol–water partition coefficient (Wildman–Crippen LogP) is 3.73. The van der Waals surface area contributed by atoms with Crippen molar-refractivity contribution in [1.29, 1.82) is 0 Å². The van der Waals surface area contributed by atoms with Crippen molar-refractivity contribution in [3.63, 3.8) is 0 Å². The first kappa shape index (κ1) is 16.0. The van der Waals surface area contributed by atoms with E-state index >= 15 is 0 Å². The van der Waals surface area contributed by atoms with Crippen LogP contribution in [-0.4, -0.2) is 12.5 Å². The second-order valence-corrected chi connectivity index (χ2v) is 5.44. The summed E-state index contributed by atoms with van der Waals surface area (Å²) in [4.78, 5) is 12.0. The fourth-order valence-corrected chi connectivity index (χ4v) is 2.25. The minimum absolute atomic E-state index is 0.0993. The largest absolute Gasteiger partial charge is 0.376 e. The van der Waals surface area contributed by atoms with E-state index in [1.807, 2.05) is 39.0 Å². The van der Waals surface area contributed by atoms with E-state index in [0.29, 0.717) is 0 Å². The van der Waals surface area contributed by atoms with Gasteiger partial charge in [-0.05, 0) is 55.7 Å². The van der Waals surface area contributed by atoms with Gasteiger partial charge in [0.25, 0.3) is 0 Å². The molecule has 2 aromatic carbocycles. The summed E-state index contributed by atoms with van der Waals surface area (Å²) in [6.45, 7) is 6.15. The van der Waals surface area contributed by atoms with Crippen LogP contribution in [-0.2, 0) is 4.79 Å². The van der Waals surface area contributed by atoms with E-state index in [-0.39, 0.29) is 24.3 Å². The lowest BCUT2D eigenvalue weighted by Gasteiger charge is -2.16. The van der Waals surface area contributed by atoms with Gasteiger partial charge in [-0.2, -0.15) is 0 Å². The standard InChI is InChI=1S/C18H21FN2O/c1-12-5-4-6-17(13(12)2)20-11-18(22)21-14(3)15-7-9-16(19)10-8-15/h4-10,14,20H,11H2,1-3H3,(H,21,22)/t14-/m0/s1. The molecule has 2 rings (SSSR count). The molecule has 0 aromatic heterocycles. The number of carbonyl (C=O) groups is 1. The van der Waals surface area contributed by atoms with Crippen molar-refractivity contribution in [3.05, 3.63) is 65.0 Å². The molecule has 0 aliphatic carbocycles. The Morgan fingerprint density at radius 3 is 2.50 bits per heavy atom. The van der Waals surface area contributed by atoms with Crippen molar-refractivity contribution < 1.29 is 9.18 Å². The Morgan fingerprint density at radius 1 is 1.14 bits per heavy atom. The summed E-state index contributed by atoms with van der Waals surface area (Å²) in [6.07, 6.45) is 0. The van der Waals surface area contributed by atoms with Gasteiger partial charge in [-0.15, -0.1) is 0 Å². The number of hydrogen-bond acceptors (Lipinski definition) is 2. The molecule has 4 heteroatoms. The summed E-state index contributed by atoms with van der Waals surface area (Å²) < 4.78 is 12.9. The Kier molecular flexibility index (Phi) is 5.15. The van der Waals surface area contributed by atoms with Crippen LogP contribution < -0.4 is 10.6 Å². The topological polar surface area (TPSA) is 41.1 Å². The summed E-state index contributed by atoms with van der Waals surface area (Å²) in [7, 11) is 0. The molecule has 2 N–H and O–H groups in total. The molecule has 1 atom stereocenters. The maximum absolute atomic E-state index is 12.9. The molecule has 116 valence electrons. The minimum Gasteiger partial charge on any atom is -0.376 e. The van der Waals surface area contributed by atoms with Gasteiger partial charge in [-0.1, -0.05) is 24.3 Å². The van der Waals surface area contributed by atoms with E-state index in [9.17, 15) is 9.18 Å². The second-order valence-electron chi connectivity index (χ2n) is 5.44. The summed E-state index contributed by atoms with van der Waals surface area (Å²) in [5, 5.41) is 6.04. The Bertz CT molecular complexity index is 653. The second kappa shape index (κ2) is 7.07. The molecule has 0 fully saturated rings. The van der Waals surface area contributed by atoms with Gasteiger partial charge < -0.3 is 10.6 Å². The number of amides is 1. The van der Waals surface area contributed by atoms with Crippen molar-refractivity contribution in [2.75, 3.05) is 11.9 Å². The molecular weight excluding hydrogens is 279 g/mol. The SMILES string of the molecule is Cc1cccc(NCC(=O)N[C@@H](C)c2ccc(F)cc2)c1C. The minimum atomic E-state index is -0.279. The summed E-state index contributed by atoms with van der Waals surface area (Å²) in [5.74, 6) is -0.378. The molecule has 0 bridgehead atoms. The van der Waals surface area contributed by atoms with E-state index in [4.69, 9.17) is 0 Å². The van der Waals surface area contributed by atoms with Crippen LogP contribution in [0.5, 0.6) is 0 Å². The lowest BCUT2D eigenvalue weighted by atomic mass is 10.1. The lowest BCUT2D eigenvalue weighted by Crippen LogP contribution is -2.32. The number of aryl methyl sites for hydroxylation is 1. The van der Waals surface area contributed by atoms with Crippen molar-refractivity contribution in [2.45, 2.75) is 26.8 Å². The number of carbonyl (C=O) groups excluding carboxylic acids is 1. The van der Waals surface area contributed by atoms with Gasteiger partial charge in [-0.3, -0.25) is 4.79 Å². The number of benzene rings is 2. The average Bonchev–Trinajstić information content (AvgIpc) is 2.49. The molecule has 0 unspecified atom stereocenters. The zero-order valence-electron chi connectivity index (χ0n) is 13.1. The van der Waals surface area contributed by atoms with Crippen LogP contribution in [0, 0.1) is 19.7 Å². The molecule has 0 spiro atoms. The van der Waals surface area contributed by atoms with Crippen molar-refractivity contribution >= 4 is 11.6 Å². The van der Waals surface area contributed by atoms with Crippen molar-refractivity contribution in [1.82, 2.24) is 5.32 Å². The molecule has 3 nitrogen and oxygen atoms in total. The molecule has 22 heavy (non-hydrogen) atoms. The molecule has 2 aromatic rings. The molecule has 0 saturated heterocycles. The first-order chi connectivity index (χ1) is 10.5. The first-order valence-corrected chi connectivity index (χ1v) is 7.32. The highest BCUT2D eigenvalue weighted by Gasteiger charge is 2.10. The van der Waals surface area contributed by atoms with Gasteiger partial charge in [0.1, 0.15) is 5.82 Å². The summed E-state index contributed by atoms with van der Waals surface area (Å²) in [6, 6.07) is 11.9. The van der Waals surface area contributed by atoms with Crippen LogP contribution >= 0.6 is 0 Å². The van der Waals surface area contributed by atoms with Gasteiger partial charge in [0.15, 0.2) is 0 Å². The quantitative estimate of drug-likeness (QED) is 0.883. The molecule has 0 aliphatic heterocycles. The lowest BCUT2D eigenvalue weighted by molar-refractivity contribution is -0.120. The molecule has 0 heterocycles. The zero-order valence-corrected chi connectivity index (χ0v) is 13.1. The highest BCUT2D eigenvalue weighted by atomic mass is 19.1. The Labute approximate surface area is 130 Å². The predicted molar refractivity (Wildman–Crippen MR) is 87.4 cm³/mol. The molecule has 0 saturated carbocycles. The maximum Gasteiger partial charge on any atom is 0.239 e. The third kappa shape index (κ3) is 4.07.